The Kier molecular flexibility index (Phi) is 63.2. The Morgan fingerprint density at radius 1 is 0.402 bits per heavy atom. The van der Waals surface area contributed by atoms with Crippen LogP contribution in [-0.4, -0.2) is 73.4 Å². The molecular weight excluding hydrogens is 1030 g/mol. The van der Waals surface area contributed by atoms with Crippen molar-refractivity contribution in [3.8, 4) is 0 Å². The first-order valence-corrected chi connectivity index (χ1v) is 37.9. The smallest absolute Gasteiger partial charge is 0.387 e. The lowest BCUT2D eigenvalue weighted by molar-refractivity contribution is -0.870. The number of phosphoric ester groups is 1. The number of allylic oxidation sites excluding steroid dienone is 5. The maximum atomic E-state index is 13.0. The van der Waals surface area contributed by atoms with E-state index < -0.39 is 20.0 Å². The zero-order chi connectivity index (χ0) is 59.8. The SMILES string of the molecule is CCCCCCCCCCCCCCCCCC/C=C\CCCCCCCCCCCCCCCCCCCC(=O)NC(COP(=O)(O)OCC[N+](C)(C)C)C(O)/C=C/CC/C=C/CCCCCCCCCCCCCCCCCCC. The first-order valence-electron chi connectivity index (χ1n) is 36.4. The molecule has 8 nitrogen and oxygen atoms in total. The molecule has 0 saturated heterocycles. The zero-order valence-electron chi connectivity index (χ0n) is 55.8. The van der Waals surface area contributed by atoms with Gasteiger partial charge in [-0.2, -0.15) is 0 Å². The summed E-state index contributed by atoms with van der Waals surface area (Å²) in [6, 6.07) is -0.864. The Bertz CT molecular complexity index is 1430. The van der Waals surface area contributed by atoms with Crippen LogP contribution in [-0.2, 0) is 18.4 Å². The molecular formula is C73H144N2O6P+. The number of nitrogens with zero attached hydrogens (tertiary/aromatic N) is 1. The summed E-state index contributed by atoms with van der Waals surface area (Å²) >= 11 is 0. The van der Waals surface area contributed by atoms with E-state index in [4.69, 9.17) is 9.05 Å². The van der Waals surface area contributed by atoms with E-state index >= 15 is 0 Å². The van der Waals surface area contributed by atoms with Crippen molar-refractivity contribution < 1.29 is 32.9 Å². The fraction of sp³-hybridized carbons (Fsp3) is 0.904. The number of aliphatic hydroxyl groups is 1. The van der Waals surface area contributed by atoms with Crippen molar-refractivity contribution in [2.75, 3.05) is 40.9 Å². The fourth-order valence-electron chi connectivity index (χ4n) is 11.2. The van der Waals surface area contributed by atoms with Crippen molar-refractivity contribution in [2.24, 2.45) is 0 Å². The van der Waals surface area contributed by atoms with Crippen LogP contribution < -0.4 is 5.32 Å². The van der Waals surface area contributed by atoms with Gasteiger partial charge in [0.15, 0.2) is 0 Å². The Hall–Kier alpha value is -1.28. The molecule has 0 saturated carbocycles. The second-order valence-corrected chi connectivity index (χ2v) is 27.8. The topological polar surface area (TPSA) is 105 Å². The van der Waals surface area contributed by atoms with Crippen molar-refractivity contribution >= 4 is 13.7 Å². The van der Waals surface area contributed by atoms with E-state index in [1.165, 1.54) is 315 Å². The van der Waals surface area contributed by atoms with Gasteiger partial charge >= 0.3 is 7.82 Å². The number of amides is 1. The minimum Gasteiger partial charge on any atom is -0.387 e. The first kappa shape index (κ1) is 80.7. The number of carbonyl (C=O) groups excluding carboxylic acids is 1. The van der Waals surface area contributed by atoms with Crippen LogP contribution in [0, 0.1) is 0 Å². The summed E-state index contributed by atoms with van der Waals surface area (Å²) in [6.45, 7) is 4.86. The molecule has 9 heteroatoms. The van der Waals surface area contributed by atoms with Crippen LogP contribution >= 0.6 is 7.82 Å². The predicted octanol–water partition coefficient (Wildman–Crippen LogP) is 23.2. The van der Waals surface area contributed by atoms with Gasteiger partial charge in [0.2, 0.25) is 5.91 Å². The van der Waals surface area contributed by atoms with Crippen LogP contribution in [0.3, 0.4) is 0 Å². The van der Waals surface area contributed by atoms with E-state index in [-0.39, 0.29) is 19.1 Å². The predicted molar refractivity (Wildman–Crippen MR) is 360 cm³/mol. The molecule has 0 aliphatic heterocycles. The number of carbonyl (C=O) groups is 1. The number of aliphatic hydroxyl groups excluding tert-OH is 1. The molecule has 0 heterocycles. The summed E-state index contributed by atoms with van der Waals surface area (Å²) in [7, 11) is 1.57. The molecule has 0 rings (SSSR count). The van der Waals surface area contributed by atoms with E-state index in [1.807, 2.05) is 27.2 Å². The monoisotopic (exact) mass is 1180 g/mol. The van der Waals surface area contributed by atoms with Crippen LogP contribution in [0.15, 0.2) is 36.5 Å². The molecule has 0 aromatic carbocycles. The molecule has 0 aliphatic rings. The van der Waals surface area contributed by atoms with Crippen molar-refractivity contribution in [1.82, 2.24) is 5.32 Å². The van der Waals surface area contributed by atoms with E-state index in [0.717, 1.165) is 38.5 Å². The van der Waals surface area contributed by atoms with Gasteiger partial charge in [0, 0.05) is 6.42 Å². The molecule has 0 aromatic rings. The van der Waals surface area contributed by atoms with E-state index in [0.29, 0.717) is 17.4 Å². The molecule has 82 heavy (non-hydrogen) atoms. The number of hydrogen-bond donors (Lipinski definition) is 3. The van der Waals surface area contributed by atoms with Crippen molar-refractivity contribution in [2.45, 2.75) is 386 Å². The summed E-state index contributed by atoms with van der Waals surface area (Å²) in [6.07, 6.45) is 86.1. The number of hydrogen-bond acceptors (Lipinski definition) is 5. The fourth-order valence-corrected chi connectivity index (χ4v) is 11.9. The number of rotatable bonds is 68. The van der Waals surface area contributed by atoms with Gasteiger partial charge in [-0.05, 0) is 57.8 Å². The highest BCUT2D eigenvalue weighted by Crippen LogP contribution is 2.43. The Morgan fingerprint density at radius 2 is 0.671 bits per heavy atom. The Labute approximate surface area is 512 Å². The lowest BCUT2D eigenvalue weighted by Gasteiger charge is -2.25. The summed E-state index contributed by atoms with van der Waals surface area (Å²) in [5.74, 6) is -0.180. The second-order valence-electron chi connectivity index (χ2n) is 26.3. The standard InChI is InChI=1S/C73H143N2O6P/c1-6-8-10-12-14-16-18-20-22-24-26-28-30-31-32-33-34-35-36-37-38-39-40-41-42-43-45-47-49-51-53-55-57-59-61-63-65-67-73(77)74-71(70-81-82(78,79)80-69-68-75(3,4)5)72(76)66-64-62-60-58-56-54-52-50-48-46-44-29-27-25-23-21-19-17-15-13-11-9-7-2/h35-36,56,58,64,66,71-72,76H,6-34,37-55,57,59-63,65,67-70H2,1-5H3,(H-,74,77,78,79)/p+1/b36-35-,58-56+,66-64+. The van der Waals surface area contributed by atoms with Crippen molar-refractivity contribution in [3.63, 3.8) is 0 Å². The second kappa shape index (κ2) is 64.2. The average molecular weight is 1180 g/mol. The molecule has 0 aliphatic carbocycles. The molecule has 486 valence electrons. The van der Waals surface area contributed by atoms with Crippen molar-refractivity contribution in [3.05, 3.63) is 36.5 Å². The third kappa shape index (κ3) is 66.2. The maximum Gasteiger partial charge on any atom is 0.472 e. The third-order valence-electron chi connectivity index (χ3n) is 16.8. The van der Waals surface area contributed by atoms with Gasteiger partial charge in [-0.1, -0.05) is 346 Å². The molecule has 0 fully saturated rings. The minimum absolute atomic E-state index is 0.0579. The third-order valence-corrected chi connectivity index (χ3v) is 17.8. The minimum atomic E-state index is -4.36. The van der Waals surface area contributed by atoms with Crippen LogP contribution in [0.25, 0.3) is 0 Å². The van der Waals surface area contributed by atoms with Crippen LogP contribution in [0.5, 0.6) is 0 Å². The van der Waals surface area contributed by atoms with Crippen LogP contribution in [0.1, 0.15) is 373 Å². The largest absolute Gasteiger partial charge is 0.472 e. The van der Waals surface area contributed by atoms with Gasteiger partial charge in [0.1, 0.15) is 13.2 Å². The lowest BCUT2D eigenvalue weighted by Crippen LogP contribution is -2.45. The molecule has 3 unspecified atom stereocenters. The molecule has 3 N–H and O–H groups in total. The van der Waals surface area contributed by atoms with E-state index in [9.17, 15) is 19.4 Å². The summed E-state index contributed by atoms with van der Waals surface area (Å²) < 4.78 is 23.8. The van der Waals surface area contributed by atoms with Gasteiger partial charge in [-0.25, -0.2) is 4.57 Å². The molecule has 3 atom stereocenters. The van der Waals surface area contributed by atoms with Gasteiger partial charge in [-0.15, -0.1) is 0 Å². The quantitative estimate of drug-likeness (QED) is 0.0243. The maximum absolute atomic E-state index is 13.0. The zero-order valence-corrected chi connectivity index (χ0v) is 56.7. The van der Waals surface area contributed by atoms with Gasteiger partial charge in [0.05, 0.1) is 39.9 Å². The Balaban J connectivity index is 3.99. The van der Waals surface area contributed by atoms with Gasteiger partial charge in [0.25, 0.3) is 0 Å². The first-order chi connectivity index (χ1) is 40.0. The van der Waals surface area contributed by atoms with Crippen LogP contribution in [0.4, 0.5) is 0 Å². The van der Waals surface area contributed by atoms with E-state index in [2.05, 4.69) is 43.5 Å². The van der Waals surface area contributed by atoms with Crippen LogP contribution in [0.2, 0.25) is 0 Å². The summed E-state index contributed by atoms with van der Waals surface area (Å²) in [5.41, 5.74) is 0. The molecule has 1 amide bonds. The normalized spacial score (nSPS) is 13.8. The molecule has 0 spiro atoms. The number of unbranched alkanes of at least 4 members (excludes halogenated alkanes) is 51. The van der Waals surface area contributed by atoms with Gasteiger partial charge < -0.3 is 19.8 Å². The molecule has 0 radical (unpaired) electrons. The molecule has 0 aromatic heterocycles. The van der Waals surface area contributed by atoms with Crippen molar-refractivity contribution in [1.29, 1.82) is 0 Å². The van der Waals surface area contributed by atoms with Gasteiger partial charge in [-0.3, -0.25) is 13.8 Å². The number of quaternary nitrogens is 1. The summed E-state index contributed by atoms with van der Waals surface area (Å²) in [5, 5.41) is 14.0. The number of phosphoric acid groups is 1. The van der Waals surface area contributed by atoms with E-state index in [1.54, 1.807) is 6.08 Å². The molecule has 0 bridgehead atoms. The highest BCUT2D eigenvalue weighted by molar-refractivity contribution is 7.47. The Morgan fingerprint density at radius 3 is 0.976 bits per heavy atom. The lowest BCUT2D eigenvalue weighted by atomic mass is 10.0. The highest BCUT2D eigenvalue weighted by atomic mass is 31.2. The number of likely N-dealkylation sites (N-methyl/N-ethyl adjacent to an activating group) is 1. The summed E-state index contributed by atoms with van der Waals surface area (Å²) in [4.78, 5) is 23.4. The highest BCUT2D eigenvalue weighted by Gasteiger charge is 2.28. The average Bonchev–Trinajstić information content (AvgIpc) is 3.47. The number of nitrogens with one attached hydrogen (secondary N) is 1.